The molecule has 0 radical (unpaired) electrons. The predicted molar refractivity (Wildman–Crippen MR) is 132 cm³/mol. The summed E-state index contributed by atoms with van der Waals surface area (Å²) in [6.45, 7) is 5.18. The third-order valence-electron chi connectivity index (χ3n) is 6.60. The Bertz CT molecular complexity index is 1290. The molecule has 3 heterocycles. The molecule has 1 amide bonds. The molecule has 1 aromatic carbocycles. The minimum Gasteiger partial charge on any atom is -0.370 e. The molecule has 1 saturated heterocycles. The molecule has 37 heavy (non-hydrogen) atoms. The highest BCUT2D eigenvalue weighted by Crippen LogP contribution is 2.34. The summed E-state index contributed by atoms with van der Waals surface area (Å²) in [5.74, 6) is -2.00. The molecule has 3 N–H and O–H groups in total. The molecule has 0 aliphatic carbocycles. The molecular formula is C25H31F2N5O4S. The summed E-state index contributed by atoms with van der Waals surface area (Å²) in [5, 5.41) is 3.36. The van der Waals surface area contributed by atoms with Gasteiger partial charge in [-0.25, -0.2) is 27.2 Å². The second-order valence-electron chi connectivity index (χ2n) is 9.46. The Kier molecular flexibility index (Phi) is 8.32. The number of fused-ring (bicyclic) bond motifs is 1. The summed E-state index contributed by atoms with van der Waals surface area (Å²) in [7, 11) is -3.94. The normalized spacial score (nSPS) is 23.2. The number of benzene rings is 1. The summed E-state index contributed by atoms with van der Waals surface area (Å²) in [5.41, 5.74) is 7.77. The van der Waals surface area contributed by atoms with E-state index in [9.17, 15) is 22.0 Å². The van der Waals surface area contributed by atoms with E-state index in [0.717, 1.165) is 35.6 Å². The van der Waals surface area contributed by atoms with E-state index in [1.807, 2.05) is 6.92 Å². The molecule has 200 valence electrons. The van der Waals surface area contributed by atoms with Crippen LogP contribution in [-0.2, 0) is 32.5 Å². The van der Waals surface area contributed by atoms with Crippen LogP contribution in [0.5, 0.6) is 0 Å². The number of hydrogen-bond acceptors (Lipinski definition) is 8. The maximum atomic E-state index is 14.2. The number of rotatable bonds is 8. The number of nitrogens with one attached hydrogen (secondary N) is 1. The molecule has 2 aromatic rings. The molecule has 2 aliphatic rings. The molecule has 0 spiro atoms. The van der Waals surface area contributed by atoms with Crippen molar-refractivity contribution < 1.29 is 26.7 Å². The first-order valence-electron chi connectivity index (χ1n) is 12.2. The van der Waals surface area contributed by atoms with Crippen molar-refractivity contribution in [2.45, 2.75) is 63.1 Å². The number of hydrogen-bond donors (Lipinski definition) is 2. The van der Waals surface area contributed by atoms with Crippen molar-refractivity contribution in [1.82, 2.24) is 20.2 Å². The van der Waals surface area contributed by atoms with Crippen LogP contribution in [0.25, 0.3) is 0 Å². The van der Waals surface area contributed by atoms with Gasteiger partial charge in [0, 0.05) is 54.4 Å². The van der Waals surface area contributed by atoms with E-state index in [4.69, 9.17) is 10.5 Å². The van der Waals surface area contributed by atoms with E-state index < -0.39 is 39.5 Å². The van der Waals surface area contributed by atoms with E-state index in [-0.39, 0.29) is 29.3 Å². The molecular weight excluding hydrogens is 504 g/mol. The average molecular weight is 536 g/mol. The van der Waals surface area contributed by atoms with Gasteiger partial charge in [0.15, 0.2) is 0 Å². The lowest BCUT2D eigenvalue weighted by Gasteiger charge is -2.38. The predicted octanol–water partition coefficient (Wildman–Crippen LogP) is 2.38. The smallest absolute Gasteiger partial charge is 0.251 e. The number of aromatic nitrogens is 2. The van der Waals surface area contributed by atoms with Gasteiger partial charge in [-0.2, -0.15) is 0 Å². The standard InChI is InChI=1S/C25H31F2N5O4S/c1-3-7-29-24(33)15(2)6-8-37(34,35)25-30-11-16-12-32(13-22(16)31-25)18-10-21(28)23(36-14-18)19-9-17(26)4-5-20(19)27/h4-6,8-9,11,15,18,21,23H,3,7,10,12-14,28H2,1-2H3,(H,29,33)/b8-6+/t15?,18?,21-,23?/m0/s1. The van der Waals surface area contributed by atoms with Crippen LogP contribution in [0.2, 0.25) is 0 Å². The highest BCUT2D eigenvalue weighted by molar-refractivity contribution is 7.94. The first kappa shape index (κ1) is 27.2. The molecule has 3 unspecified atom stereocenters. The monoisotopic (exact) mass is 535 g/mol. The topological polar surface area (TPSA) is 128 Å². The number of nitrogens with two attached hydrogens (primary N) is 1. The number of carbonyl (C=O) groups excluding carboxylic acids is 1. The van der Waals surface area contributed by atoms with Gasteiger partial charge in [-0.15, -0.1) is 0 Å². The van der Waals surface area contributed by atoms with Crippen molar-refractivity contribution in [1.29, 1.82) is 0 Å². The Morgan fingerprint density at radius 2 is 2.14 bits per heavy atom. The fraction of sp³-hybridized carbons (Fsp3) is 0.480. The highest BCUT2D eigenvalue weighted by Gasteiger charge is 2.37. The Morgan fingerprint density at radius 1 is 1.35 bits per heavy atom. The minimum absolute atomic E-state index is 0.0987. The van der Waals surface area contributed by atoms with E-state index >= 15 is 0 Å². The number of sulfone groups is 1. The van der Waals surface area contributed by atoms with Crippen LogP contribution in [0.1, 0.15) is 49.6 Å². The number of amides is 1. The zero-order chi connectivity index (χ0) is 26.7. The van der Waals surface area contributed by atoms with Crippen molar-refractivity contribution in [3.05, 3.63) is 64.3 Å². The van der Waals surface area contributed by atoms with Gasteiger partial charge in [-0.1, -0.05) is 19.9 Å². The molecule has 0 saturated carbocycles. The van der Waals surface area contributed by atoms with Crippen molar-refractivity contribution in [3.8, 4) is 0 Å². The minimum atomic E-state index is -3.94. The number of halogens is 2. The maximum Gasteiger partial charge on any atom is 0.251 e. The quantitative estimate of drug-likeness (QED) is 0.494. The molecule has 9 nitrogen and oxygen atoms in total. The summed E-state index contributed by atoms with van der Waals surface area (Å²) in [6.07, 6.45) is 3.32. The van der Waals surface area contributed by atoms with E-state index in [2.05, 4.69) is 20.2 Å². The van der Waals surface area contributed by atoms with Gasteiger partial charge in [0.05, 0.1) is 18.2 Å². The summed E-state index contributed by atoms with van der Waals surface area (Å²) in [6, 6.07) is 2.55. The Balaban J connectivity index is 1.40. The second-order valence-corrected chi connectivity index (χ2v) is 11.2. The fourth-order valence-electron chi connectivity index (χ4n) is 4.49. The summed E-state index contributed by atoms with van der Waals surface area (Å²) < 4.78 is 59.3. The van der Waals surface area contributed by atoms with Gasteiger partial charge >= 0.3 is 0 Å². The lowest BCUT2D eigenvalue weighted by molar-refractivity contribution is -0.123. The third kappa shape index (κ3) is 6.20. The number of carbonyl (C=O) groups is 1. The second kappa shape index (κ2) is 11.3. The lowest BCUT2D eigenvalue weighted by Crippen LogP contribution is -2.47. The summed E-state index contributed by atoms with van der Waals surface area (Å²) >= 11 is 0. The number of nitrogens with zero attached hydrogens (tertiary/aromatic N) is 3. The zero-order valence-corrected chi connectivity index (χ0v) is 21.5. The van der Waals surface area contributed by atoms with Crippen LogP contribution in [-0.4, -0.2) is 54.4 Å². The Morgan fingerprint density at radius 3 is 2.86 bits per heavy atom. The van der Waals surface area contributed by atoms with E-state index in [0.29, 0.717) is 31.7 Å². The maximum absolute atomic E-state index is 14.2. The van der Waals surface area contributed by atoms with Crippen LogP contribution in [0.3, 0.4) is 0 Å². The van der Waals surface area contributed by atoms with Crippen molar-refractivity contribution >= 4 is 15.7 Å². The van der Waals surface area contributed by atoms with Gasteiger partial charge in [0.2, 0.25) is 15.7 Å². The van der Waals surface area contributed by atoms with Gasteiger partial charge in [-0.05, 0) is 31.0 Å². The zero-order valence-electron chi connectivity index (χ0n) is 20.7. The van der Waals surface area contributed by atoms with Gasteiger partial charge in [0.25, 0.3) is 5.16 Å². The van der Waals surface area contributed by atoms with Gasteiger partial charge in [0.1, 0.15) is 17.7 Å². The van der Waals surface area contributed by atoms with Crippen LogP contribution < -0.4 is 11.1 Å². The fourth-order valence-corrected chi connectivity index (χ4v) is 5.49. The first-order valence-corrected chi connectivity index (χ1v) is 13.8. The Hall–Kier alpha value is -2.80. The molecule has 12 heteroatoms. The van der Waals surface area contributed by atoms with Crippen molar-refractivity contribution in [2.24, 2.45) is 11.7 Å². The SMILES string of the molecule is CCCNC(=O)C(C)/C=C/S(=O)(=O)c1ncc2c(n1)CN(C1COC(c3cc(F)ccc3F)[C@@H](N)C1)C2. The van der Waals surface area contributed by atoms with Gasteiger partial charge in [-0.3, -0.25) is 9.69 Å². The van der Waals surface area contributed by atoms with Crippen LogP contribution in [0.4, 0.5) is 8.78 Å². The van der Waals surface area contributed by atoms with Crippen LogP contribution in [0.15, 0.2) is 41.0 Å². The van der Waals surface area contributed by atoms with E-state index in [1.165, 1.54) is 12.3 Å². The molecule has 4 atom stereocenters. The molecule has 0 bridgehead atoms. The average Bonchev–Trinajstić information content (AvgIpc) is 3.31. The molecule has 2 aliphatic heterocycles. The summed E-state index contributed by atoms with van der Waals surface area (Å²) in [4.78, 5) is 22.4. The molecule has 4 rings (SSSR count). The van der Waals surface area contributed by atoms with Crippen molar-refractivity contribution in [3.63, 3.8) is 0 Å². The molecule has 1 fully saturated rings. The van der Waals surface area contributed by atoms with Crippen LogP contribution in [0, 0.1) is 17.6 Å². The Labute approximate surface area is 215 Å². The third-order valence-corrected chi connectivity index (χ3v) is 7.83. The lowest BCUT2D eigenvalue weighted by atomic mass is 9.93. The molecule has 1 aromatic heterocycles. The van der Waals surface area contributed by atoms with Crippen molar-refractivity contribution in [2.75, 3.05) is 13.2 Å². The van der Waals surface area contributed by atoms with Gasteiger partial charge < -0.3 is 15.8 Å². The first-order chi connectivity index (χ1) is 17.6. The number of ether oxygens (including phenoxy) is 1. The van der Waals surface area contributed by atoms with E-state index in [1.54, 1.807) is 6.92 Å². The highest BCUT2D eigenvalue weighted by atomic mass is 32.2. The van der Waals surface area contributed by atoms with Crippen LogP contribution >= 0.6 is 0 Å². The largest absolute Gasteiger partial charge is 0.370 e.